The highest BCUT2D eigenvalue weighted by atomic mass is 19.4. The fourth-order valence-electron chi connectivity index (χ4n) is 2.20. The molecule has 0 spiro atoms. The van der Waals surface area contributed by atoms with Crippen LogP contribution in [0.4, 0.5) is 13.2 Å². The first-order valence-electron chi connectivity index (χ1n) is 7.18. The van der Waals surface area contributed by atoms with Crippen LogP contribution in [0.5, 0.6) is 0 Å². The highest BCUT2D eigenvalue weighted by Crippen LogP contribution is 2.23. The minimum Gasteiger partial charge on any atom is -0.458 e. The highest BCUT2D eigenvalue weighted by molar-refractivity contribution is 5.83. The fourth-order valence-corrected chi connectivity index (χ4v) is 2.20. The van der Waals surface area contributed by atoms with Crippen LogP contribution >= 0.6 is 0 Å². The molecule has 0 aliphatic heterocycles. The maximum absolute atomic E-state index is 12.1. The first-order valence-corrected chi connectivity index (χ1v) is 7.18. The van der Waals surface area contributed by atoms with Gasteiger partial charge in [0.2, 0.25) is 5.91 Å². The first kappa shape index (κ1) is 17.8. The van der Waals surface area contributed by atoms with Crippen molar-refractivity contribution in [1.29, 1.82) is 0 Å². The molecule has 0 saturated heterocycles. The van der Waals surface area contributed by atoms with Gasteiger partial charge in [-0.05, 0) is 26.7 Å². The van der Waals surface area contributed by atoms with Crippen LogP contribution in [0.15, 0.2) is 0 Å². The predicted octanol–water partition coefficient (Wildman–Crippen LogP) is 2.96. The second kappa shape index (κ2) is 7.13. The molecule has 1 rings (SSSR count). The summed E-state index contributed by atoms with van der Waals surface area (Å²) in [4.78, 5) is 22.8. The van der Waals surface area contributed by atoms with Crippen molar-refractivity contribution in [2.45, 2.75) is 64.6 Å². The van der Waals surface area contributed by atoms with Crippen molar-refractivity contribution in [3.05, 3.63) is 0 Å². The van der Waals surface area contributed by atoms with Crippen molar-refractivity contribution in [1.82, 2.24) is 5.32 Å². The lowest BCUT2D eigenvalue weighted by molar-refractivity contribution is -0.202. The maximum Gasteiger partial charge on any atom is 0.490 e. The Bertz CT molecular complexity index is 372. The van der Waals surface area contributed by atoms with Gasteiger partial charge in [0.25, 0.3) is 0 Å². The molecule has 0 heterocycles. The molecule has 1 saturated carbocycles. The van der Waals surface area contributed by atoms with Gasteiger partial charge in [-0.25, -0.2) is 4.79 Å². The van der Waals surface area contributed by atoms with Crippen molar-refractivity contribution in [3.8, 4) is 0 Å². The fraction of sp³-hybridized carbons (Fsp3) is 0.857. The Morgan fingerprint density at radius 3 is 2.10 bits per heavy atom. The molecule has 0 bridgehead atoms. The molecular weight excluding hydrogens is 287 g/mol. The second-order valence-electron chi connectivity index (χ2n) is 6.12. The number of ether oxygens (including phenoxy) is 1. The van der Waals surface area contributed by atoms with E-state index < -0.39 is 24.2 Å². The van der Waals surface area contributed by atoms with E-state index in [1.165, 1.54) is 13.8 Å². The number of alkyl halides is 3. The van der Waals surface area contributed by atoms with Crippen molar-refractivity contribution >= 4 is 11.9 Å². The van der Waals surface area contributed by atoms with Gasteiger partial charge in [0, 0.05) is 6.04 Å². The second-order valence-corrected chi connectivity index (χ2v) is 6.12. The van der Waals surface area contributed by atoms with Crippen LogP contribution in [0.1, 0.15) is 52.4 Å². The lowest BCUT2D eigenvalue weighted by atomic mass is 9.92. The predicted molar refractivity (Wildman–Crippen MR) is 70.4 cm³/mol. The first-order chi connectivity index (χ1) is 9.63. The van der Waals surface area contributed by atoms with Gasteiger partial charge in [-0.1, -0.05) is 25.7 Å². The summed E-state index contributed by atoms with van der Waals surface area (Å²) in [5, 5.41) is 2.85. The summed E-state index contributed by atoms with van der Waals surface area (Å²) in [7, 11) is 0. The molecule has 0 aromatic carbocycles. The van der Waals surface area contributed by atoms with Gasteiger partial charge in [0.05, 0.1) is 5.41 Å². The molecule has 0 unspecified atom stereocenters. The van der Waals surface area contributed by atoms with E-state index in [4.69, 9.17) is 0 Å². The molecule has 1 fully saturated rings. The van der Waals surface area contributed by atoms with Gasteiger partial charge in [-0.2, -0.15) is 13.2 Å². The van der Waals surface area contributed by atoms with Crippen LogP contribution in [-0.2, 0) is 14.3 Å². The largest absolute Gasteiger partial charge is 0.490 e. The summed E-state index contributed by atoms with van der Waals surface area (Å²) in [6.07, 6.45) is 1.07. The van der Waals surface area contributed by atoms with Gasteiger partial charge >= 0.3 is 12.1 Å². The average Bonchev–Trinajstić information content (AvgIpc) is 2.63. The van der Waals surface area contributed by atoms with Crippen molar-refractivity contribution in [2.75, 3.05) is 6.61 Å². The number of rotatable bonds is 4. The van der Waals surface area contributed by atoms with Crippen molar-refractivity contribution < 1.29 is 27.5 Å². The number of halogens is 3. The van der Waals surface area contributed by atoms with E-state index in [1.807, 2.05) is 0 Å². The topological polar surface area (TPSA) is 55.4 Å². The van der Waals surface area contributed by atoms with E-state index in [2.05, 4.69) is 10.1 Å². The van der Waals surface area contributed by atoms with Crippen LogP contribution in [0.3, 0.4) is 0 Å². The van der Waals surface area contributed by atoms with Crippen molar-refractivity contribution in [3.63, 3.8) is 0 Å². The van der Waals surface area contributed by atoms with Crippen LogP contribution in [0, 0.1) is 5.41 Å². The standard InChI is InChI=1S/C14H22F3NO3/c1-13(2,9-21-12(20)14(15,16)17)11(19)18-10-7-5-3-4-6-8-10/h10H,3-9H2,1-2H3,(H,18,19). The molecule has 1 aliphatic carbocycles. The molecule has 4 nitrogen and oxygen atoms in total. The number of amides is 1. The zero-order valence-corrected chi connectivity index (χ0v) is 12.4. The minimum atomic E-state index is -5.03. The summed E-state index contributed by atoms with van der Waals surface area (Å²) in [5.74, 6) is -2.65. The Labute approximate surface area is 122 Å². The van der Waals surface area contributed by atoms with Crippen LogP contribution in [0.2, 0.25) is 0 Å². The molecule has 0 aromatic heterocycles. The summed E-state index contributed by atoms with van der Waals surface area (Å²) < 4.78 is 40.4. The number of carbonyl (C=O) groups excluding carboxylic acids is 2. The molecule has 0 atom stereocenters. The Balaban J connectivity index is 2.48. The van der Waals surface area contributed by atoms with E-state index in [9.17, 15) is 22.8 Å². The van der Waals surface area contributed by atoms with Crippen LogP contribution < -0.4 is 5.32 Å². The Hall–Kier alpha value is -1.27. The van der Waals surface area contributed by atoms with E-state index in [1.54, 1.807) is 0 Å². The smallest absolute Gasteiger partial charge is 0.458 e. The van der Waals surface area contributed by atoms with Gasteiger partial charge in [-0.15, -0.1) is 0 Å². The number of esters is 1. The molecular formula is C14H22F3NO3. The third-order valence-electron chi connectivity index (χ3n) is 3.60. The Morgan fingerprint density at radius 2 is 1.62 bits per heavy atom. The number of hydrogen-bond donors (Lipinski definition) is 1. The zero-order chi connectivity index (χ0) is 16.1. The lowest BCUT2D eigenvalue weighted by Gasteiger charge is -2.26. The van der Waals surface area contributed by atoms with Gasteiger partial charge < -0.3 is 10.1 Å². The minimum absolute atomic E-state index is 0.0533. The van der Waals surface area contributed by atoms with E-state index >= 15 is 0 Å². The van der Waals surface area contributed by atoms with Gasteiger partial charge in [0.1, 0.15) is 6.61 Å². The number of hydrogen-bond acceptors (Lipinski definition) is 3. The lowest BCUT2D eigenvalue weighted by Crippen LogP contribution is -2.45. The van der Waals surface area contributed by atoms with Gasteiger partial charge in [-0.3, -0.25) is 4.79 Å². The van der Waals surface area contributed by atoms with Crippen LogP contribution in [-0.4, -0.2) is 30.7 Å². The van der Waals surface area contributed by atoms with Crippen LogP contribution in [0.25, 0.3) is 0 Å². The highest BCUT2D eigenvalue weighted by Gasteiger charge is 2.42. The van der Waals surface area contributed by atoms with E-state index in [0.29, 0.717) is 0 Å². The third kappa shape index (κ3) is 5.93. The third-order valence-corrected chi connectivity index (χ3v) is 3.60. The Morgan fingerprint density at radius 1 is 1.10 bits per heavy atom. The quantitative estimate of drug-likeness (QED) is 0.641. The average molecular weight is 309 g/mol. The van der Waals surface area contributed by atoms with E-state index in [-0.39, 0.29) is 11.9 Å². The summed E-state index contributed by atoms with van der Waals surface area (Å²) in [6, 6.07) is 0.0533. The summed E-state index contributed by atoms with van der Waals surface area (Å²) >= 11 is 0. The molecule has 122 valence electrons. The number of carbonyl (C=O) groups is 2. The van der Waals surface area contributed by atoms with E-state index in [0.717, 1.165) is 38.5 Å². The molecule has 0 aromatic rings. The molecule has 0 radical (unpaired) electrons. The molecule has 1 amide bonds. The van der Waals surface area contributed by atoms with Crippen molar-refractivity contribution in [2.24, 2.45) is 5.41 Å². The SMILES string of the molecule is CC(C)(COC(=O)C(F)(F)F)C(=O)NC1CCCCCC1. The molecule has 21 heavy (non-hydrogen) atoms. The maximum atomic E-state index is 12.1. The Kier molecular flexibility index (Phi) is 6.04. The summed E-state index contributed by atoms with van der Waals surface area (Å²) in [6.45, 7) is 2.33. The molecule has 1 aliphatic rings. The summed E-state index contributed by atoms with van der Waals surface area (Å²) in [5.41, 5.74) is -1.19. The normalized spacial score (nSPS) is 18.0. The monoisotopic (exact) mass is 309 g/mol. The van der Waals surface area contributed by atoms with Gasteiger partial charge in [0.15, 0.2) is 0 Å². The zero-order valence-electron chi connectivity index (χ0n) is 12.4. The molecule has 7 heteroatoms. The number of nitrogens with one attached hydrogen (secondary N) is 1. The molecule has 1 N–H and O–H groups in total.